The topological polar surface area (TPSA) is 25.8 Å². The Morgan fingerprint density at radius 3 is 1.92 bits per heavy atom. The Morgan fingerprint density at radius 2 is 1.33 bits per heavy atom. The highest BCUT2D eigenvalue weighted by molar-refractivity contribution is 5.54. The fraction of sp³-hybridized carbons (Fsp3) is 0.474. The highest BCUT2D eigenvalue weighted by atomic mass is 19.2. The van der Waals surface area contributed by atoms with E-state index < -0.39 is 17.5 Å². The van der Waals surface area contributed by atoms with E-state index in [9.17, 15) is 13.2 Å². The molecule has 2 nitrogen and oxygen atoms in total. The largest absolute Gasteiger partial charge is 0.236 e. The lowest BCUT2D eigenvalue weighted by Crippen LogP contribution is -1.96. The van der Waals surface area contributed by atoms with E-state index in [1.165, 1.54) is 38.5 Å². The highest BCUT2D eigenvalue weighted by Crippen LogP contribution is 2.21. The number of nitrogens with zero attached hydrogens (tertiary/aromatic N) is 2. The van der Waals surface area contributed by atoms with Crippen molar-refractivity contribution in [1.82, 2.24) is 9.97 Å². The second-order valence-corrected chi connectivity index (χ2v) is 6.04. The zero-order chi connectivity index (χ0) is 17.4. The van der Waals surface area contributed by atoms with Gasteiger partial charge in [0.2, 0.25) is 0 Å². The van der Waals surface area contributed by atoms with Crippen molar-refractivity contribution in [3.05, 3.63) is 47.5 Å². The van der Waals surface area contributed by atoms with Gasteiger partial charge in [0.05, 0.1) is 0 Å². The van der Waals surface area contributed by atoms with Crippen LogP contribution in [-0.4, -0.2) is 9.97 Å². The molecule has 0 aliphatic rings. The molecule has 0 amide bonds. The molecule has 24 heavy (non-hydrogen) atoms. The van der Waals surface area contributed by atoms with Crippen LogP contribution in [0.1, 0.15) is 57.4 Å². The van der Waals surface area contributed by atoms with Crippen molar-refractivity contribution in [3.8, 4) is 11.4 Å². The zero-order valence-corrected chi connectivity index (χ0v) is 14.0. The summed E-state index contributed by atoms with van der Waals surface area (Å²) in [6, 6.07) is 1.81. The van der Waals surface area contributed by atoms with Crippen LogP contribution < -0.4 is 0 Å². The number of aryl methyl sites for hydroxylation is 1. The number of halogens is 3. The van der Waals surface area contributed by atoms with E-state index >= 15 is 0 Å². The Labute approximate surface area is 141 Å². The molecule has 1 aromatic carbocycles. The maximum atomic E-state index is 13.3. The molecule has 0 N–H and O–H groups in total. The maximum Gasteiger partial charge on any atom is 0.194 e. The molecule has 0 atom stereocenters. The van der Waals surface area contributed by atoms with Crippen LogP contribution in [0.15, 0.2) is 24.5 Å². The summed E-state index contributed by atoms with van der Waals surface area (Å²) >= 11 is 0. The third-order valence-electron chi connectivity index (χ3n) is 4.02. The lowest BCUT2D eigenvalue weighted by atomic mass is 10.1. The van der Waals surface area contributed by atoms with E-state index in [0.717, 1.165) is 30.5 Å². The normalized spacial score (nSPS) is 11.0. The van der Waals surface area contributed by atoms with Gasteiger partial charge < -0.3 is 0 Å². The number of hydrogen-bond acceptors (Lipinski definition) is 2. The summed E-state index contributed by atoms with van der Waals surface area (Å²) in [5, 5.41) is 0. The van der Waals surface area contributed by atoms with Crippen molar-refractivity contribution in [2.24, 2.45) is 0 Å². The van der Waals surface area contributed by atoms with Gasteiger partial charge in [-0.1, -0.05) is 45.4 Å². The predicted octanol–water partition coefficient (Wildman–Crippen LogP) is 5.85. The first-order valence-corrected chi connectivity index (χ1v) is 8.57. The van der Waals surface area contributed by atoms with Gasteiger partial charge in [0.15, 0.2) is 23.3 Å². The van der Waals surface area contributed by atoms with Crippen LogP contribution in [0.25, 0.3) is 11.4 Å². The van der Waals surface area contributed by atoms with Crippen LogP contribution in [0.2, 0.25) is 0 Å². The Balaban J connectivity index is 1.85. The summed E-state index contributed by atoms with van der Waals surface area (Å²) < 4.78 is 39.5. The van der Waals surface area contributed by atoms with E-state index in [-0.39, 0.29) is 11.4 Å². The van der Waals surface area contributed by atoms with Gasteiger partial charge in [0.25, 0.3) is 0 Å². The maximum absolute atomic E-state index is 13.3. The zero-order valence-electron chi connectivity index (χ0n) is 14.0. The van der Waals surface area contributed by atoms with Gasteiger partial charge in [-0.3, -0.25) is 0 Å². The van der Waals surface area contributed by atoms with E-state index in [4.69, 9.17) is 0 Å². The van der Waals surface area contributed by atoms with Crippen molar-refractivity contribution >= 4 is 0 Å². The van der Waals surface area contributed by atoms with E-state index in [1.807, 2.05) is 0 Å². The minimum absolute atomic E-state index is 0.133. The van der Waals surface area contributed by atoms with Crippen LogP contribution in [0.3, 0.4) is 0 Å². The monoisotopic (exact) mass is 336 g/mol. The number of aromatic nitrogens is 2. The minimum Gasteiger partial charge on any atom is -0.236 e. The van der Waals surface area contributed by atoms with Gasteiger partial charge in [0, 0.05) is 18.0 Å². The minimum atomic E-state index is -1.48. The Bertz CT molecular complexity index is 619. The number of benzene rings is 1. The summed E-state index contributed by atoms with van der Waals surface area (Å²) in [5.41, 5.74) is 1.13. The predicted molar refractivity (Wildman–Crippen MR) is 89.0 cm³/mol. The van der Waals surface area contributed by atoms with Crippen molar-refractivity contribution in [2.75, 3.05) is 0 Å². The molecular formula is C19H23F3N2. The molecule has 0 unspecified atom stereocenters. The first-order chi connectivity index (χ1) is 11.6. The van der Waals surface area contributed by atoms with Gasteiger partial charge in [-0.2, -0.15) is 0 Å². The number of unbranched alkanes of at least 4 members (excludes halogenated alkanes) is 6. The molecule has 0 radical (unpaired) electrons. The molecule has 2 rings (SSSR count). The first-order valence-electron chi connectivity index (χ1n) is 8.57. The summed E-state index contributed by atoms with van der Waals surface area (Å²) in [7, 11) is 0. The summed E-state index contributed by atoms with van der Waals surface area (Å²) in [6.07, 6.45) is 12.9. The number of hydrogen-bond donors (Lipinski definition) is 0. The fourth-order valence-electron chi connectivity index (χ4n) is 2.60. The molecule has 0 bridgehead atoms. The van der Waals surface area contributed by atoms with Crippen molar-refractivity contribution in [2.45, 2.75) is 58.3 Å². The van der Waals surface area contributed by atoms with Gasteiger partial charge in [-0.15, -0.1) is 0 Å². The molecule has 0 saturated carbocycles. The molecule has 130 valence electrons. The highest BCUT2D eigenvalue weighted by Gasteiger charge is 2.13. The van der Waals surface area contributed by atoms with Crippen LogP contribution in [0, 0.1) is 17.5 Å². The summed E-state index contributed by atoms with van der Waals surface area (Å²) in [5.74, 6) is -3.76. The van der Waals surface area contributed by atoms with Crippen LogP contribution >= 0.6 is 0 Å². The average Bonchev–Trinajstić information content (AvgIpc) is 2.59. The van der Waals surface area contributed by atoms with Gasteiger partial charge >= 0.3 is 0 Å². The third kappa shape index (κ3) is 5.32. The Morgan fingerprint density at radius 1 is 0.792 bits per heavy atom. The Kier molecular flexibility index (Phi) is 7.22. The van der Waals surface area contributed by atoms with Crippen LogP contribution in [0.4, 0.5) is 13.2 Å². The molecule has 1 aromatic heterocycles. The molecule has 2 aromatic rings. The molecule has 0 aliphatic carbocycles. The summed E-state index contributed by atoms with van der Waals surface area (Å²) in [6.45, 7) is 2.21. The van der Waals surface area contributed by atoms with Gasteiger partial charge in [-0.25, -0.2) is 23.1 Å². The quantitative estimate of drug-likeness (QED) is 0.424. The van der Waals surface area contributed by atoms with E-state index in [0.29, 0.717) is 0 Å². The van der Waals surface area contributed by atoms with Crippen LogP contribution in [-0.2, 0) is 6.42 Å². The van der Waals surface area contributed by atoms with Crippen LogP contribution in [0.5, 0.6) is 0 Å². The molecule has 0 aliphatic heterocycles. The molecule has 5 heteroatoms. The average molecular weight is 336 g/mol. The molecule has 1 heterocycles. The lowest BCUT2D eigenvalue weighted by molar-refractivity contribution is 0.447. The number of rotatable bonds is 9. The second-order valence-electron chi connectivity index (χ2n) is 6.04. The van der Waals surface area contributed by atoms with Gasteiger partial charge in [0.1, 0.15) is 0 Å². The standard InChI is InChI=1S/C19H23F3N2/c1-2-3-4-5-6-7-8-9-14-12-23-19(24-13-14)15-10-16(20)18(22)17(21)11-15/h10-13H,2-9H2,1H3. The first kappa shape index (κ1) is 18.4. The van der Waals surface area contributed by atoms with E-state index in [1.54, 1.807) is 12.4 Å². The van der Waals surface area contributed by atoms with Crippen molar-refractivity contribution < 1.29 is 13.2 Å². The van der Waals surface area contributed by atoms with Crippen molar-refractivity contribution in [1.29, 1.82) is 0 Å². The SMILES string of the molecule is CCCCCCCCCc1cnc(-c2cc(F)c(F)c(F)c2)nc1. The van der Waals surface area contributed by atoms with Crippen molar-refractivity contribution in [3.63, 3.8) is 0 Å². The molecule has 0 saturated heterocycles. The lowest BCUT2D eigenvalue weighted by Gasteiger charge is -2.05. The molecule has 0 spiro atoms. The molecule has 0 fully saturated rings. The summed E-state index contributed by atoms with van der Waals surface area (Å²) in [4.78, 5) is 8.27. The Hall–Kier alpha value is -1.91. The second kappa shape index (κ2) is 9.40. The fourth-order valence-corrected chi connectivity index (χ4v) is 2.60. The smallest absolute Gasteiger partial charge is 0.194 e. The molecular weight excluding hydrogens is 313 g/mol. The van der Waals surface area contributed by atoms with E-state index in [2.05, 4.69) is 16.9 Å². The van der Waals surface area contributed by atoms with Gasteiger partial charge in [-0.05, 0) is 30.5 Å². The third-order valence-corrected chi connectivity index (χ3v) is 4.02.